The molecule has 0 rings (SSSR count). The van der Waals surface area contributed by atoms with Gasteiger partial charge in [-0.05, 0) is 38.5 Å². The lowest BCUT2D eigenvalue weighted by molar-refractivity contribution is -0.870. The van der Waals surface area contributed by atoms with Crippen LogP contribution in [0.1, 0.15) is 341 Å². The van der Waals surface area contributed by atoms with Crippen molar-refractivity contribution in [2.45, 2.75) is 347 Å². The van der Waals surface area contributed by atoms with Crippen molar-refractivity contribution in [2.24, 2.45) is 0 Å². The Hall–Kier alpha value is -1.25. The number of likely N-dealkylation sites (N-methyl/N-ethyl adjacent to an activating group) is 1. The van der Waals surface area contributed by atoms with Gasteiger partial charge in [0.15, 0.2) is 6.10 Å². The predicted octanol–water partition coefficient (Wildman–Crippen LogP) is 20.8. The Labute approximate surface area is 466 Å². The molecule has 446 valence electrons. The smallest absolute Gasteiger partial charge is 0.462 e. The summed E-state index contributed by atoms with van der Waals surface area (Å²) >= 11 is 0. The van der Waals surface area contributed by atoms with Crippen molar-refractivity contribution in [3.63, 3.8) is 0 Å². The molecule has 2 atom stereocenters. The van der Waals surface area contributed by atoms with Crippen molar-refractivity contribution in [3.05, 3.63) is 12.2 Å². The van der Waals surface area contributed by atoms with Gasteiger partial charge in [-0.3, -0.25) is 18.6 Å². The largest absolute Gasteiger partial charge is 0.472 e. The summed E-state index contributed by atoms with van der Waals surface area (Å²) in [5.74, 6) is -0.773. The first-order valence-electron chi connectivity index (χ1n) is 32.9. The molecule has 0 aliphatic rings. The first-order chi connectivity index (χ1) is 36.5. The van der Waals surface area contributed by atoms with Crippen LogP contribution in [0.3, 0.4) is 0 Å². The maximum atomic E-state index is 12.9. The number of esters is 2. The zero-order valence-electron chi connectivity index (χ0n) is 50.8. The molecule has 0 bridgehead atoms. The van der Waals surface area contributed by atoms with Gasteiger partial charge >= 0.3 is 19.8 Å². The molecule has 10 heteroatoms. The quantitative estimate of drug-likeness (QED) is 0.0211. The van der Waals surface area contributed by atoms with Gasteiger partial charge in [0, 0.05) is 12.8 Å². The van der Waals surface area contributed by atoms with E-state index in [1.807, 2.05) is 21.1 Å². The molecule has 0 radical (unpaired) electrons. The van der Waals surface area contributed by atoms with Gasteiger partial charge in [0.1, 0.15) is 19.8 Å². The number of nitrogens with zero attached hydrogens (tertiary/aromatic N) is 1. The summed E-state index contributed by atoms with van der Waals surface area (Å²) in [6, 6.07) is 0. The number of carbonyl (C=O) groups excluding carboxylic acids is 2. The van der Waals surface area contributed by atoms with Gasteiger partial charge in [0.2, 0.25) is 0 Å². The van der Waals surface area contributed by atoms with Gasteiger partial charge in [-0.15, -0.1) is 0 Å². The van der Waals surface area contributed by atoms with Crippen LogP contribution in [0.2, 0.25) is 0 Å². The maximum absolute atomic E-state index is 12.9. The number of rotatable bonds is 62. The van der Waals surface area contributed by atoms with E-state index in [0.29, 0.717) is 23.9 Å². The number of ether oxygens (including phenoxy) is 2. The van der Waals surface area contributed by atoms with Crippen molar-refractivity contribution < 1.29 is 42.1 Å². The third-order valence-corrected chi connectivity index (χ3v) is 16.0. The van der Waals surface area contributed by atoms with Crippen molar-refractivity contribution in [1.82, 2.24) is 0 Å². The van der Waals surface area contributed by atoms with Crippen LogP contribution in [0.25, 0.3) is 0 Å². The number of phosphoric acid groups is 1. The summed E-state index contributed by atoms with van der Waals surface area (Å²) in [5, 5.41) is 0. The second-order valence-corrected chi connectivity index (χ2v) is 25.3. The van der Waals surface area contributed by atoms with Crippen LogP contribution in [0.5, 0.6) is 0 Å². The maximum Gasteiger partial charge on any atom is 0.472 e. The summed E-state index contributed by atoms with van der Waals surface area (Å²) in [6.07, 6.45) is 68.7. The number of hydrogen-bond donors (Lipinski definition) is 1. The van der Waals surface area contributed by atoms with E-state index in [1.54, 1.807) is 0 Å². The van der Waals surface area contributed by atoms with E-state index in [1.165, 1.54) is 276 Å². The molecule has 0 aliphatic heterocycles. The van der Waals surface area contributed by atoms with E-state index < -0.39 is 26.5 Å². The Balaban J connectivity index is 4.03. The number of hydrogen-bond acceptors (Lipinski definition) is 7. The van der Waals surface area contributed by atoms with E-state index >= 15 is 0 Å². The molecule has 0 aliphatic carbocycles. The summed E-state index contributed by atoms with van der Waals surface area (Å²) in [7, 11) is 1.50. The molecule has 2 unspecified atom stereocenters. The highest BCUT2D eigenvalue weighted by Crippen LogP contribution is 2.43. The Morgan fingerprint density at radius 1 is 0.400 bits per heavy atom. The molecule has 1 N–H and O–H groups in total. The highest BCUT2D eigenvalue weighted by Gasteiger charge is 2.27. The third kappa shape index (κ3) is 61.8. The second-order valence-electron chi connectivity index (χ2n) is 23.9. The van der Waals surface area contributed by atoms with E-state index in [-0.39, 0.29) is 25.6 Å². The zero-order chi connectivity index (χ0) is 54.9. The molecular formula is C65H129NO8P+. The highest BCUT2D eigenvalue weighted by atomic mass is 31.2. The third-order valence-electron chi connectivity index (χ3n) is 15.0. The lowest BCUT2D eigenvalue weighted by Crippen LogP contribution is -2.37. The minimum Gasteiger partial charge on any atom is -0.462 e. The average Bonchev–Trinajstić information content (AvgIpc) is 3.37. The lowest BCUT2D eigenvalue weighted by Gasteiger charge is -2.24. The Bertz CT molecular complexity index is 1270. The Morgan fingerprint density at radius 2 is 0.680 bits per heavy atom. The Morgan fingerprint density at radius 3 is 0.987 bits per heavy atom. The van der Waals surface area contributed by atoms with Gasteiger partial charge in [-0.1, -0.05) is 302 Å². The van der Waals surface area contributed by atoms with Crippen LogP contribution in [0.15, 0.2) is 12.2 Å². The molecule has 75 heavy (non-hydrogen) atoms. The molecule has 0 saturated carbocycles. The van der Waals surface area contributed by atoms with Gasteiger partial charge in [-0.25, -0.2) is 4.57 Å². The number of unbranched alkanes of at least 4 members (excludes halogenated alkanes) is 46. The van der Waals surface area contributed by atoms with Gasteiger partial charge in [0.05, 0.1) is 27.7 Å². The van der Waals surface area contributed by atoms with Crippen LogP contribution in [-0.2, 0) is 32.7 Å². The monoisotopic (exact) mass is 1080 g/mol. The molecule has 9 nitrogen and oxygen atoms in total. The molecule has 0 saturated heterocycles. The number of phosphoric ester groups is 1. The fourth-order valence-corrected chi connectivity index (χ4v) is 10.7. The fraction of sp³-hybridized carbons (Fsp3) is 0.938. The van der Waals surface area contributed by atoms with E-state index in [9.17, 15) is 19.0 Å². The molecule has 0 heterocycles. The Kier molecular flexibility index (Phi) is 56.5. The zero-order valence-corrected chi connectivity index (χ0v) is 51.7. The van der Waals surface area contributed by atoms with Crippen LogP contribution < -0.4 is 0 Å². The first-order valence-corrected chi connectivity index (χ1v) is 34.4. The normalized spacial score (nSPS) is 13.2. The number of allylic oxidation sites excluding steroid dienone is 2. The van der Waals surface area contributed by atoms with Crippen LogP contribution in [0.4, 0.5) is 0 Å². The molecule has 0 aromatic heterocycles. The van der Waals surface area contributed by atoms with Crippen molar-refractivity contribution >= 4 is 19.8 Å². The summed E-state index contributed by atoms with van der Waals surface area (Å²) < 4.78 is 34.7. The lowest BCUT2D eigenvalue weighted by atomic mass is 10.0. The van der Waals surface area contributed by atoms with Crippen molar-refractivity contribution in [3.8, 4) is 0 Å². The first kappa shape index (κ1) is 73.8. The minimum atomic E-state index is -4.38. The van der Waals surface area contributed by atoms with Gasteiger partial charge in [0.25, 0.3) is 0 Å². The molecular weight excluding hydrogens is 954 g/mol. The van der Waals surface area contributed by atoms with E-state index in [0.717, 1.165) is 32.1 Å². The number of carbonyl (C=O) groups is 2. The topological polar surface area (TPSA) is 108 Å². The SMILES string of the molecule is CCCCCCCCCC/C=C\CCCCCCCCCCCCCCCCCC(=O)OC(COC(=O)CCCCCCCCCCCCCCCCCCCCCCCCCC)COP(=O)(O)OCC[N+](C)(C)C. The molecule has 0 spiro atoms. The number of quaternary nitrogens is 1. The summed E-state index contributed by atoms with van der Waals surface area (Å²) in [4.78, 5) is 35.8. The van der Waals surface area contributed by atoms with Gasteiger partial charge < -0.3 is 18.9 Å². The van der Waals surface area contributed by atoms with E-state index in [4.69, 9.17) is 18.5 Å². The standard InChI is InChI=1S/C65H128NO8P/c1-6-8-10-12-14-16-18-20-22-24-26-28-30-32-33-34-36-38-40-42-44-46-48-50-52-54-56-58-65(68)74-63(62-73-75(69,70)72-60-59-66(3,4)5)61-71-64(67)57-55-53-51-49-47-45-43-41-39-37-35-31-29-27-25-23-21-19-17-15-13-11-9-7-2/h24,26,63H,6-23,25,27-62H2,1-5H3/p+1/b26-24-. The summed E-state index contributed by atoms with van der Waals surface area (Å²) in [6.45, 7) is 4.51. The van der Waals surface area contributed by atoms with Crippen LogP contribution >= 0.6 is 7.82 Å². The molecule has 0 aromatic rings. The van der Waals surface area contributed by atoms with Crippen molar-refractivity contribution in [2.75, 3.05) is 47.5 Å². The average molecular weight is 1080 g/mol. The van der Waals surface area contributed by atoms with Gasteiger partial charge in [-0.2, -0.15) is 0 Å². The van der Waals surface area contributed by atoms with Crippen molar-refractivity contribution in [1.29, 1.82) is 0 Å². The second kappa shape index (κ2) is 57.4. The van der Waals surface area contributed by atoms with Crippen LogP contribution in [-0.4, -0.2) is 74.9 Å². The predicted molar refractivity (Wildman–Crippen MR) is 321 cm³/mol. The van der Waals surface area contributed by atoms with Crippen LogP contribution in [0, 0.1) is 0 Å². The molecule has 0 fully saturated rings. The molecule has 0 amide bonds. The van der Waals surface area contributed by atoms with E-state index in [2.05, 4.69) is 26.0 Å². The highest BCUT2D eigenvalue weighted by molar-refractivity contribution is 7.47. The summed E-state index contributed by atoms with van der Waals surface area (Å²) in [5.41, 5.74) is 0. The minimum absolute atomic E-state index is 0.0362. The fourth-order valence-electron chi connectivity index (χ4n) is 9.96. The molecule has 0 aromatic carbocycles.